The zero-order chi connectivity index (χ0) is 17.7. The van der Waals surface area contributed by atoms with Crippen molar-refractivity contribution in [3.63, 3.8) is 0 Å². The molecule has 10 heteroatoms. The van der Waals surface area contributed by atoms with Gasteiger partial charge in [-0.15, -0.1) is 11.3 Å². The first-order valence-corrected chi connectivity index (χ1v) is 8.02. The molecule has 0 spiro atoms. The van der Waals surface area contributed by atoms with Gasteiger partial charge >= 0.3 is 11.7 Å². The quantitative estimate of drug-likeness (QED) is 0.735. The summed E-state index contributed by atoms with van der Waals surface area (Å²) in [6.45, 7) is 4.27. The van der Waals surface area contributed by atoms with Gasteiger partial charge in [0.15, 0.2) is 0 Å². The van der Waals surface area contributed by atoms with Crippen molar-refractivity contribution in [1.29, 1.82) is 5.26 Å². The third-order valence-corrected chi connectivity index (χ3v) is 4.25. The standard InChI is InChI=1S/C14H16N6O3S/c1-8(2)10-11(17-7-24-10)18-13(22)16-3-4-20-6-9(5-15)12(21)19-14(20)23/h6-8H,3-4H2,1-2H3,(H2,16,18,22)(H,19,21,23). The molecule has 0 unspecified atom stereocenters. The fourth-order valence-electron chi connectivity index (χ4n) is 1.96. The van der Waals surface area contributed by atoms with Crippen LogP contribution in [0.3, 0.4) is 0 Å². The number of carbonyl (C=O) groups excluding carboxylic acids is 1. The van der Waals surface area contributed by atoms with E-state index in [9.17, 15) is 14.4 Å². The highest BCUT2D eigenvalue weighted by molar-refractivity contribution is 7.10. The average molecular weight is 348 g/mol. The van der Waals surface area contributed by atoms with Gasteiger partial charge in [-0.3, -0.25) is 19.7 Å². The highest BCUT2D eigenvalue weighted by Gasteiger charge is 2.12. The first-order valence-electron chi connectivity index (χ1n) is 7.14. The van der Waals surface area contributed by atoms with Gasteiger partial charge in [0.25, 0.3) is 5.56 Å². The third kappa shape index (κ3) is 4.08. The summed E-state index contributed by atoms with van der Waals surface area (Å²) in [6.07, 6.45) is 1.16. The van der Waals surface area contributed by atoms with E-state index in [1.165, 1.54) is 11.3 Å². The summed E-state index contributed by atoms with van der Waals surface area (Å²) in [7, 11) is 0. The van der Waals surface area contributed by atoms with Crippen molar-refractivity contribution in [3.8, 4) is 6.07 Å². The number of hydrogen-bond acceptors (Lipinski definition) is 6. The van der Waals surface area contributed by atoms with Crippen LogP contribution in [0.5, 0.6) is 0 Å². The molecule has 2 heterocycles. The molecule has 2 amide bonds. The summed E-state index contributed by atoms with van der Waals surface area (Å²) in [5.74, 6) is 0.761. The van der Waals surface area contributed by atoms with Crippen LogP contribution in [0.1, 0.15) is 30.2 Å². The molecule has 0 aliphatic carbocycles. The molecule has 24 heavy (non-hydrogen) atoms. The number of aromatic nitrogens is 3. The van der Waals surface area contributed by atoms with Gasteiger partial charge in [0.05, 0.1) is 10.4 Å². The molecular weight excluding hydrogens is 332 g/mol. The molecule has 0 bridgehead atoms. The maximum Gasteiger partial charge on any atom is 0.328 e. The maximum atomic E-state index is 11.9. The first-order chi connectivity index (χ1) is 11.4. The second kappa shape index (κ2) is 7.56. The van der Waals surface area contributed by atoms with Crippen molar-refractivity contribution in [2.45, 2.75) is 26.3 Å². The first kappa shape index (κ1) is 17.4. The number of nitrogens with one attached hydrogen (secondary N) is 3. The van der Waals surface area contributed by atoms with E-state index >= 15 is 0 Å². The molecule has 0 saturated heterocycles. The topological polar surface area (TPSA) is 133 Å². The Balaban J connectivity index is 1.94. The number of carbonyl (C=O) groups is 1. The van der Waals surface area contributed by atoms with Crippen LogP contribution in [-0.4, -0.2) is 27.1 Å². The minimum Gasteiger partial charge on any atom is -0.336 e. The highest BCUT2D eigenvalue weighted by atomic mass is 32.1. The van der Waals surface area contributed by atoms with Crippen molar-refractivity contribution in [3.05, 3.63) is 43.0 Å². The van der Waals surface area contributed by atoms with Crippen molar-refractivity contribution in [2.75, 3.05) is 11.9 Å². The van der Waals surface area contributed by atoms with Gasteiger partial charge in [-0.05, 0) is 5.92 Å². The molecule has 2 aromatic rings. The van der Waals surface area contributed by atoms with Gasteiger partial charge in [0, 0.05) is 19.3 Å². The van der Waals surface area contributed by atoms with Crippen LogP contribution in [0.2, 0.25) is 0 Å². The van der Waals surface area contributed by atoms with Crippen LogP contribution in [0, 0.1) is 11.3 Å². The Morgan fingerprint density at radius 2 is 2.25 bits per heavy atom. The highest BCUT2D eigenvalue weighted by Crippen LogP contribution is 2.26. The molecule has 126 valence electrons. The largest absolute Gasteiger partial charge is 0.336 e. The van der Waals surface area contributed by atoms with Crippen molar-refractivity contribution < 1.29 is 4.79 Å². The van der Waals surface area contributed by atoms with Crippen molar-refractivity contribution in [1.82, 2.24) is 19.9 Å². The molecule has 0 fully saturated rings. The number of nitrogens with zero attached hydrogens (tertiary/aromatic N) is 3. The van der Waals surface area contributed by atoms with E-state index < -0.39 is 17.3 Å². The normalized spacial score (nSPS) is 10.4. The Bertz CT molecular complexity index is 889. The second-order valence-electron chi connectivity index (χ2n) is 5.21. The number of urea groups is 1. The summed E-state index contributed by atoms with van der Waals surface area (Å²) in [4.78, 5) is 41.9. The molecule has 2 aromatic heterocycles. The molecule has 9 nitrogen and oxygen atoms in total. The van der Waals surface area contributed by atoms with Gasteiger partial charge in [-0.25, -0.2) is 14.6 Å². The summed E-state index contributed by atoms with van der Waals surface area (Å²) in [5, 5.41) is 14.0. The summed E-state index contributed by atoms with van der Waals surface area (Å²) < 4.78 is 1.16. The van der Waals surface area contributed by atoms with Crippen LogP contribution in [0.4, 0.5) is 10.6 Å². The zero-order valence-electron chi connectivity index (χ0n) is 13.1. The number of aromatic amines is 1. The number of thiazole rings is 1. The lowest BCUT2D eigenvalue weighted by Crippen LogP contribution is -2.36. The third-order valence-electron chi connectivity index (χ3n) is 3.12. The molecule has 0 aliphatic rings. The number of hydrogen-bond donors (Lipinski definition) is 3. The number of H-pyrrole nitrogens is 1. The smallest absolute Gasteiger partial charge is 0.328 e. The van der Waals surface area contributed by atoms with E-state index in [0.29, 0.717) is 5.82 Å². The zero-order valence-corrected chi connectivity index (χ0v) is 13.9. The van der Waals surface area contributed by atoms with Crippen LogP contribution in [0.15, 0.2) is 21.3 Å². The molecular formula is C14H16N6O3S. The number of amides is 2. The Hall–Kier alpha value is -2.93. The lowest BCUT2D eigenvalue weighted by atomic mass is 10.2. The molecule has 0 aromatic carbocycles. The second-order valence-corrected chi connectivity index (χ2v) is 6.09. The van der Waals surface area contributed by atoms with Crippen LogP contribution < -0.4 is 21.9 Å². The lowest BCUT2D eigenvalue weighted by molar-refractivity contribution is 0.251. The van der Waals surface area contributed by atoms with Gasteiger partial charge in [0.2, 0.25) is 0 Å². The maximum absolute atomic E-state index is 11.9. The van der Waals surface area contributed by atoms with Gasteiger partial charge in [-0.1, -0.05) is 13.8 Å². The fraction of sp³-hybridized carbons (Fsp3) is 0.357. The molecule has 0 saturated carbocycles. The van der Waals surface area contributed by atoms with Crippen LogP contribution in [-0.2, 0) is 6.54 Å². The Labute approximate surface area is 141 Å². The van der Waals surface area contributed by atoms with E-state index in [1.807, 2.05) is 18.8 Å². The van der Waals surface area contributed by atoms with Crippen molar-refractivity contribution >= 4 is 23.2 Å². The lowest BCUT2D eigenvalue weighted by Gasteiger charge is -2.09. The fourth-order valence-corrected chi connectivity index (χ4v) is 2.71. The van der Waals surface area contributed by atoms with Crippen LogP contribution >= 0.6 is 11.3 Å². The number of anilines is 1. The molecule has 0 radical (unpaired) electrons. The SMILES string of the molecule is CC(C)c1scnc1NC(=O)NCCn1cc(C#N)c(=O)[nH]c1=O. The Morgan fingerprint density at radius 3 is 2.92 bits per heavy atom. The summed E-state index contributed by atoms with van der Waals surface area (Å²) in [6, 6.07) is 1.25. The van der Waals surface area contributed by atoms with Gasteiger partial charge in [0.1, 0.15) is 17.5 Å². The molecule has 3 N–H and O–H groups in total. The van der Waals surface area contributed by atoms with E-state index in [0.717, 1.165) is 15.6 Å². The molecule has 2 rings (SSSR count). The van der Waals surface area contributed by atoms with Crippen molar-refractivity contribution in [2.24, 2.45) is 0 Å². The monoisotopic (exact) mass is 348 g/mol. The van der Waals surface area contributed by atoms with Crippen LogP contribution in [0.25, 0.3) is 0 Å². The van der Waals surface area contributed by atoms with E-state index in [1.54, 1.807) is 11.6 Å². The van der Waals surface area contributed by atoms with E-state index in [-0.39, 0.29) is 24.6 Å². The molecule has 0 atom stereocenters. The minimum absolute atomic E-state index is 0.117. The summed E-state index contributed by atoms with van der Waals surface area (Å²) in [5.41, 5.74) is 0.133. The summed E-state index contributed by atoms with van der Waals surface area (Å²) >= 11 is 1.46. The minimum atomic E-state index is -0.728. The van der Waals surface area contributed by atoms with E-state index in [4.69, 9.17) is 5.26 Å². The number of rotatable bonds is 5. The average Bonchev–Trinajstić information content (AvgIpc) is 2.97. The Kier molecular flexibility index (Phi) is 5.49. The Morgan fingerprint density at radius 1 is 1.50 bits per heavy atom. The predicted octanol–water partition coefficient (Wildman–Crippen LogP) is 0.810. The van der Waals surface area contributed by atoms with Gasteiger partial charge < -0.3 is 5.32 Å². The van der Waals surface area contributed by atoms with Gasteiger partial charge in [-0.2, -0.15) is 5.26 Å². The number of nitriles is 1. The van der Waals surface area contributed by atoms with E-state index in [2.05, 4.69) is 15.6 Å². The predicted molar refractivity (Wildman–Crippen MR) is 89.3 cm³/mol. The molecule has 0 aliphatic heterocycles.